The van der Waals surface area contributed by atoms with Crippen molar-refractivity contribution >= 4 is 24.8 Å². The number of alkyl halides is 5. The van der Waals surface area contributed by atoms with Gasteiger partial charge in [0.05, 0.1) is 0 Å². The van der Waals surface area contributed by atoms with Gasteiger partial charge >= 0.3 is 47.9 Å². The molecule has 1 aromatic carbocycles. The molecular formula is C10H8Cl2F5NOTi. The van der Waals surface area contributed by atoms with Crippen molar-refractivity contribution in [2.75, 3.05) is 0 Å². The Morgan fingerprint density at radius 2 is 1.70 bits per heavy atom. The fraction of sp³-hybridized carbons (Fsp3) is 0.300. The maximum atomic E-state index is 12.4. The van der Waals surface area contributed by atoms with E-state index < -0.39 is 29.3 Å². The van der Waals surface area contributed by atoms with Crippen molar-refractivity contribution in [1.82, 2.24) is 0 Å². The monoisotopic (exact) mass is 371 g/mol. The van der Waals surface area contributed by atoms with Gasteiger partial charge in [0.15, 0.2) is 0 Å². The first-order chi connectivity index (χ1) is 9.06. The van der Waals surface area contributed by atoms with Crippen molar-refractivity contribution in [1.29, 1.82) is 0 Å². The maximum absolute atomic E-state index is 12.4. The van der Waals surface area contributed by atoms with Crippen LogP contribution < -0.4 is 0 Å². The van der Waals surface area contributed by atoms with Gasteiger partial charge in [-0.05, 0) is 18.6 Å². The Hall–Kier alpha value is -0.366. The van der Waals surface area contributed by atoms with Crippen molar-refractivity contribution in [2.45, 2.75) is 19.1 Å². The van der Waals surface area contributed by atoms with Crippen LogP contribution in [0.1, 0.15) is 11.1 Å². The van der Waals surface area contributed by atoms with Gasteiger partial charge in [0, 0.05) is 11.8 Å². The molecule has 10 heteroatoms. The molecule has 0 radical (unpaired) electrons. The Kier molecular flexibility index (Phi) is 8.02. The normalized spacial score (nSPS) is 12.0. The summed E-state index contributed by atoms with van der Waals surface area (Å²) in [6.45, 7) is 1.48. The molecule has 1 rings (SSSR count). The molecule has 0 bridgehead atoms. The number of aliphatic imine (C=N–C) groups is 1. The molecule has 1 N–H and O–H groups in total. The molecule has 0 saturated heterocycles. The topological polar surface area (TPSA) is 32.6 Å². The Morgan fingerprint density at radius 3 is 2.15 bits per heavy atom. The number of aryl methyl sites for hydroxylation is 1. The van der Waals surface area contributed by atoms with Crippen LogP contribution in [0.3, 0.4) is 0 Å². The Bertz CT molecular complexity index is 467. The van der Waals surface area contributed by atoms with Crippen molar-refractivity contribution in [3.8, 4) is 5.75 Å². The summed E-state index contributed by atoms with van der Waals surface area (Å²) in [7, 11) is 9.78. The third-order valence-corrected chi connectivity index (χ3v) is 1.98. The second kappa shape index (κ2) is 8.17. The summed E-state index contributed by atoms with van der Waals surface area (Å²) < 4.78 is 60.3. The summed E-state index contributed by atoms with van der Waals surface area (Å²) in [5, 5.41) is 9.38. The third-order valence-electron chi connectivity index (χ3n) is 1.98. The zero-order valence-corrected chi connectivity index (χ0v) is 12.9. The molecule has 0 aliphatic rings. The van der Waals surface area contributed by atoms with Gasteiger partial charge in [-0.15, -0.1) is 0 Å². The van der Waals surface area contributed by atoms with E-state index in [9.17, 15) is 27.1 Å². The van der Waals surface area contributed by atoms with Crippen LogP contribution in [-0.2, 0) is 17.0 Å². The first-order valence-electron chi connectivity index (χ1n) is 4.81. The van der Waals surface area contributed by atoms with Crippen LogP contribution in [-0.4, -0.2) is 23.5 Å². The van der Waals surface area contributed by atoms with Gasteiger partial charge in [-0.25, -0.2) is 4.99 Å². The standard InChI is InChI=1S/C10H8F5NO.2ClH.Ti/c1-6-3-2-4-7(8(6)17)5-16-10(14,15)9(11,12)13;;;/h2-5,17H,1H3;2*1H;/q;;;+2/p-2/b16-5+;;;. The minimum atomic E-state index is -5.75. The molecule has 0 spiro atoms. The predicted molar refractivity (Wildman–Crippen MR) is 63.1 cm³/mol. The van der Waals surface area contributed by atoms with Crippen LogP contribution >= 0.6 is 18.6 Å². The number of phenolic OH excluding ortho intramolecular Hbond substituents is 1. The zero-order valence-electron chi connectivity index (χ0n) is 9.85. The quantitative estimate of drug-likeness (QED) is 0.349. The van der Waals surface area contributed by atoms with E-state index in [4.69, 9.17) is 18.6 Å². The second-order valence-corrected chi connectivity index (χ2v) is 5.96. The van der Waals surface area contributed by atoms with Crippen molar-refractivity contribution in [3.05, 3.63) is 29.3 Å². The molecule has 2 nitrogen and oxygen atoms in total. The molecule has 1 aromatic rings. The average molecular weight is 372 g/mol. The number of hydrogen-bond donors (Lipinski definition) is 1. The Labute approximate surface area is 128 Å². The predicted octanol–water partition coefficient (Wildman–Crippen LogP) is 4.65. The average Bonchev–Trinajstić information content (AvgIpc) is 2.31. The molecule has 0 saturated carbocycles. The molecule has 0 aliphatic heterocycles. The number of nitrogens with zero attached hydrogens (tertiary/aromatic N) is 1. The fourth-order valence-corrected chi connectivity index (χ4v) is 1.01. The summed E-state index contributed by atoms with van der Waals surface area (Å²) in [4.78, 5) is 2.16. The van der Waals surface area contributed by atoms with Gasteiger partial charge in [0.1, 0.15) is 5.75 Å². The second-order valence-electron chi connectivity index (χ2n) is 3.38. The van der Waals surface area contributed by atoms with Gasteiger partial charge in [0.2, 0.25) is 0 Å². The molecule has 0 atom stereocenters. The number of rotatable bonds is 2. The van der Waals surface area contributed by atoms with E-state index in [0.29, 0.717) is 11.8 Å². The molecule has 0 amide bonds. The molecule has 112 valence electrons. The molecule has 0 heterocycles. The van der Waals surface area contributed by atoms with E-state index in [1.807, 2.05) is 0 Å². The summed E-state index contributed by atoms with van der Waals surface area (Å²) in [5.41, 5.74) is 0.151. The van der Waals surface area contributed by atoms with Gasteiger partial charge in [0.25, 0.3) is 0 Å². The van der Waals surface area contributed by atoms with E-state index in [0.717, 1.165) is 0 Å². The van der Waals surface area contributed by atoms with Crippen LogP contribution in [0.5, 0.6) is 5.75 Å². The number of para-hydroxylation sites is 1. The molecular weight excluding hydrogens is 364 g/mol. The van der Waals surface area contributed by atoms with Crippen LogP contribution in [0, 0.1) is 6.92 Å². The van der Waals surface area contributed by atoms with E-state index >= 15 is 0 Å². The van der Waals surface area contributed by atoms with Crippen LogP contribution in [0.15, 0.2) is 23.2 Å². The first kappa shape index (κ1) is 19.6. The number of phenols is 1. The molecule has 20 heavy (non-hydrogen) atoms. The first-order valence-corrected chi connectivity index (χ1v) is 9.11. The molecule has 0 unspecified atom stereocenters. The van der Waals surface area contributed by atoms with Crippen LogP contribution in [0.4, 0.5) is 22.0 Å². The van der Waals surface area contributed by atoms with E-state index in [1.165, 1.54) is 25.1 Å². The summed E-state index contributed by atoms with van der Waals surface area (Å²) >= 11 is -0.556. The van der Waals surface area contributed by atoms with Gasteiger partial charge in [-0.3, -0.25) is 0 Å². The number of hydrogen-bond acceptors (Lipinski definition) is 2. The van der Waals surface area contributed by atoms with Crippen molar-refractivity contribution in [3.63, 3.8) is 0 Å². The SMILES string of the molecule is Cc1cccc(/C=N/C(F)(F)C(F)(F)F)c1O.[Cl][Ti][Cl]. The van der Waals surface area contributed by atoms with Crippen LogP contribution in [0.25, 0.3) is 0 Å². The van der Waals surface area contributed by atoms with Gasteiger partial charge in [-0.1, -0.05) is 12.1 Å². The van der Waals surface area contributed by atoms with E-state index in [2.05, 4.69) is 4.99 Å². The molecule has 0 fully saturated rings. The summed E-state index contributed by atoms with van der Waals surface area (Å²) in [6.07, 6.45) is -5.45. The molecule has 0 aromatic heterocycles. The fourth-order valence-electron chi connectivity index (χ4n) is 1.01. The van der Waals surface area contributed by atoms with Crippen molar-refractivity contribution in [2.24, 2.45) is 4.99 Å². The van der Waals surface area contributed by atoms with Crippen LogP contribution in [0.2, 0.25) is 0 Å². The third kappa shape index (κ3) is 5.95. The molecule has 0 aliphatic carbocycles. The number of aromatic hydroxyl groups is 1. The summed E-state index contributed by atoms with van der Waals surface area (Å²) in [5.74, 6) is -0.380. The van der Waals surface area contributed by atoms with Crippen molar-refractivity contribution < 1.29 is 44.1 Å². The Balaban J connectivity index is 0.00000110. The Morgan fingerprint density at radius 1 is 1.20 bits per heavy atom. The van der Waals surface area contributed by atoms with E-state index in [-0.39, 0.29) is 11.3 Å². The summed E-state index contributed by atoms with van der Waals surface area (Å²) in [6, 6.07) is -1.10. The minimum absolute atomic E-state index is 0.200. The number of halogens is 7. The van der Waals surface area contributed by atoms with Gasteiger partial charge < -0.3 is 5.11 Å². The van der Waals surface area contributed by atoms with Gasteiger partial charge in [-0.2, -0.15) is 22.0 Å². The number of benzene rings is 1. The van der Waals surface area contributed by atoms with E-state index in [1.54, 1.807) is 0 Å². The zero-order chi connectivity index (χ0) is 16.0.